The number of H-pyrrole nitrogens is 1. The second-order valence-corrected chi connectivity index (χ2v) is 2.95. The van der Waals surface area contributed by atoms with Crippen molar-refractivity contribution in [2.45, 2.75) is 6.18 Å². The smallest absolute Gasteiger partial charge is 0.334 e. The van der Waals surface area contributed by atoms with Crippen LogP contribution in [0.3, 0.4) is 0 Å². The van der Waals surface area contributed by atoms with Gasteiger partial charge in [0, 0.05) is 4.91 Å². The Balaban J connectivity index is 2.70. The summed E-state index contributed by atoms with van der Waals surface area (Å²) in [5.41, 5.74) is 8.49. The van der Waals surface area contributed by atoms with Gasteiger partial charge < -0.3 is 4.98 Å². The lowest BCUT2D eigenvalue weighted by Crippen LogP contribution is -2.06. The van der Waals surface area contributed by atoms with E-state index in [-0.39, 0.29) is 16.7 Å². The fourth-order valence-corrected chi connectivity index (χ4v) is 1.28. The Hall–Kier alpha value is -2.21. The van der Waals surface area contributed by atoms with E-state index in [9.17, 15) is 13.2 Å². The summed E-state index contributed by atoms with van der Waals surface area (Å²) in [6.07, 6.45) is -4.55. The van der Waals surface area contributed by atoms with Gasteiger partial charge >= 0.3 is 6.18 Å². The van der Waals surface area contributed by atoms with Crippen LogP contribution in [0, 0.1) is 0 Å². The molecule has 0 bridgehead atoms. The number of halogens is 3. The molecule has 1 N–H and O–H groups in total. The lowest BCUT2D eigenvalue weighted by molar-refractivity contribution is -0.144. The van der Waals surface area contributed by atoms with E-state index in [1.807, 2.05) is 0 Å². The van der Waals surface area contributed by atoms with Gasteiger partial charge in [-0.25, -0.2) is 4.98 Å². The summed E-state index contributed by atoms with van der Waals surface area (Å²) in [6.45, 7) is 0. The Morgan fingerprint density at radius 2 is 2.12 bits per heavy atom. The Kier molecular flexibility index (Phi) is 2.21. The molecule has 5 nitrogen and oxygen atoms in total. The van der Waals surface area contributed by atoms with Crippen molar-refractivity contribution in [1.82, 2.24) is 9.97 Å². The highest BCUT2D eigenvalue weighted by molar-refractivity contribution is 5.86. The first kappa shape index (κ1) is 10.3. The molecule has 1 aromatic carbocycles. The number of azide groups is 1. The molecule has 2 rings (SSSR count). The van der Waals surface area contributed by atoms with Crippen LogP contribution in [0.15, 0.2) is 23.3 Å². The summed E-state index contributed by atoms with van der Waals surface area (Å²) >= 11 is 0. The number of benzene rings is 1. The van der Waals surface area contributed by atoms with Crippen molar-refractivity contribution in [3.8, 4) is 0 Å². The molecule has 0 amide bonds. The van der Waals surface area contributed by atoms with Crippen LogP contribution in [-0.4, -0.2) is 9.97 Å². The van der Waals surface area contributed by atoms with Gasteiger partial charge in [-0.2, -0.15) is 13.2 Å². The zero-order chi connectivity index (χ0) is 11.8. The molecule has 1 aromatic heterocycles. The number of fused-ring (bicyclic) bond motifs is 1. The Bertz CT molecular complexity index is 579. The number of hydrogen-bond donors (Lipinski definition) is 1. The third kappa shape index (κ3) is 1.66. The van der Waals surface area contributed by atoms with Crippen molar-refractivity contribution in [2.24, 2.45) is 5.11 Å². The van der Waals surface area contributed by atoms with Crippen LogP contribution in [0.4, 0.5) is 18.9 Å². The van der Waals surface area contributed by atoms with Gasteiger partial charge in [-0.15, -0.1) is 0 Å². The predicted molar refractivity (Wildman–Crippen MR) is 49.9 cm³/mol. The van der Waals surface area contributed by atoms with E-state index in [1.165, 1.54) is 18.2 Å². The van der Waals surface area contributed by atoms with Gasteiger partial charge in [0.1, 0.15) is 0 Å². The van der Waals surface area contributed by atoms with Crippen LogP contribution in [-0.2, 0) is 6.18 Å². The molecule has 8 heteroatoms. The second kappa shape index (κ2) is 3.42. The van der Waals surface area contributed by atoms with Gasteiger partial charge in [-0.05, 0) is 11.6 Å². The van der Waals surface area contributed by atoms with Crippen molar-refractivity contribution < 1.29 is 13.2 Å². The molecule has 0 fully saturated rings. The van der Waals surface area contributed by atoms with Gasteiger partial charge in [-0.1, -0.05) is 17.2 Å². The summed E-state index contributed by atoms with van der Waals surface area (Å²) in [5, 5.41) is 3.26. The normalized spacial score (nSPS) is 11.4. The zero-order valence-corrected chi connectivity index (χ0v) is 7.65. The maximum atomic E-state index is 12.3. The van der Waals surface area contributed by atoms with Crippen molar-refractivity contribution >= 4 is 16.7 Å². The number of rotatable bonds is 1. The van der Waals surface area contributed by atoms with E-state index in [0.29, 0.717) is 0 Å². The largest absolute Gasteiger partial charge is 0.449 e. The molecule has 0 aliphatic rings. The van der Waals surface area contributed by atoms with E-state index < -0.39 is 12.0 Å². The average molecular weight is 227 g/mol. The standard InChI is InChI=1S/C8H4F3N5/c9-8(10,11)7-13-4-2-1-3-5(15-16-12)6(4)14-7/h1-3H,(H,13,14). The van der Waals surface area contributed by atoms with Crippen molar-refractivity contribution in [3.05, 3.63) is 34.5 Å². The topological polar surface area (TPSA) is 77.4 Å². The number of aromatic nitrogens is 2. The van der Waals surface area contributed by atoms with Crippen LogP contribution in [0.5, 0.6) is 0 Å². The lowest BCUT2D eigenvalue weighted by atomic mass is 10.3. The van der Waals surface area contributed by atoms with Crippen LogP contribution in [0.2, 0.25) is 0 Å². The quantitative estimate of drug-likeness (QED) is 0.451. The molecule has 0 atom stereocenters. The number of para-hydroxylation sites is 1. The van der Waals surface area contributed by atoms with E-state index in [0.717, 1.165) is 0 Å². The van der Waals surface area contributed by atoms with E-state index in [1.54, 1.807) is 0 Å². The number of alkyl halides is 3. The lowest BCUT2D eigenvalue weighted by Gasteiger charge is -1.98. The van der Waals surface area contributed by atoms with Crippen LogP contribution in [0.1, 0.15) is 5.82 Å². The molecule has 0 spiro atoms. The highest BCUT2D eigenvalue weighted by Crippen LogP contribution is 2.31. The van der Waals surface area contributed by atoms with E-state index in [2.05, 4.69) is 20.0 Å². The SMILES string of the molecule is [N-]=[N+]=Nc1cccc2[nH]c(C(F)(F)F)nc12. The van der Waals surface area contributed by atoms with Gasteiger partial charge in [0.05, 0.1) is 16.7 Å². The zero-order valence-electron chi connectivity index (χ0n) is 7.65. The number of nitrogens with zero attached hydrogens (tertiary/aromatic N) is 4. The third-order valence-electron chi connectivity index (χ3n) is 1.91. The molecule has 0 aliphatic carbocycles. The minimum Gasteiger partial charge on any atom is -0.334 e. The third-order valence-corrected chi connectivity index (χ3v) is 1.91. The van der Waals surface area contributed by atoms with Gasteiger partial charge in [0.2, 0.25) is 5.82 Å². The molecule has 0 unspecified atom stereocenters. The van der Waals surface area contributed by atoms with Crippen LogP contribution in [0.25, 0.3) is 21.5 Å². The molecular weight excluding hydrogens is 223 g/mol. The number of hydrogen-bond acceptors (Lipinski definition) is 2. The van der Waals surface area contributed by atoms with E-state index in [4.69, 9.17) is 5.53 Å². The minimum atomic E-state index is -4.55. The first-order valence-corrected chi connectivity index (χ1v) is 4.13. The molecule has 16 heavy (non-hydrogen) atoms. The molecular formula is C8H4F3N5. The molecule has 0 radical (unpaired) electrons. The molecule has 0 aliphatic heterocycles. The molecule has 0 saturated carbocycles. The first-order valence-electron chi connectivity index (χ1n) is 4.13. The number of aromatic amines is 1. The van der Waals surface area contributed by atoms with Crippen LogP contribution < -0.4 is 0 Å². The van der Waals surface area contributed by atoms with Gasteiger partial charge in [0.15, 0.2) is 0 Å². The van der Waals surface area contributed by atoms with Crippen molar-refractivity contribution in [1.29, 1.82) is 0 Å². The highest BCUT2D eigenvalue weighted by Gasteiger charge is 2.34. The summed E-state index contributed by atoms with van der Waals surface area (Å²) in [4.78, 5) is 7.99. The first-order chi connectivity index (χ1) is 7.52. The Morgan fingerprint density at radius 1 is 1.38 bits per heavy atom. The predicted octanol–water partition coefficient (Wildman–Crippen LogP) is 3.52. The Morgan fingerprint density at radius 3 is 2.75 bits per heavy atom. The second-order valence-electron chi connectivity index (χ2n) is 2.95. The summed E-state index contributed by atoms with van der Waals surface area (Å²) < 4.78 is 37.0. The van der Waals surface area contributed by atoms with Gasteiger partial charge in [0.25, 0.3) is 0 Å². The number of imidazole rings is 1. The fourth-order valence-electron chi connectivity index (χ4n) is 1.28. The van der Waals surface area contributed by atoms with Crippen molar-refractivity contribution in [2.75, 3.05) is 0 Å². The van der Waals surface area contributed by atoms with Crippen LogP contribution >= 0.6 is 0 Å². The van der Waals surface area contributed by atoms with Gasteiger partial charge in [-0.3, -0.25) is 0 Å². The maximum absolute atomic E-state index is 12.3. The summed E-state index contributed by atoms with van der Waals surface area (Å²) in [6, 6.07) is 4.29. The number of nitrogens with one attached hydrogen (secondary N) is 1. The highest BCUT2D eigenvalue weighted by atomic mass is 19.4. The molecule has 0 saturated heterocycles. The molecule has 82 valence electrons. The molecule has 1 heterocycles. The Labute approximate surface area is 86.5 Å². The molecule has 2 aromatic rings. The average Bonchev–Trinajstić information content (AvgIpc) is 2.62. The maximum Gasteiger partial charge on any atom is 0.449 e. The summed E-state index contributed by atoms with van der Waals surface area (Å²) in [5.74, 6) is -1.11. The minimum absolute atomic E-state index is 0.00706. The van der Waals surface area contributed by atoms with E-state index >= 15 is 0 Å². The fraction of sp³-hybridized carbons (Fsp3) is 0.125. The summed E-state index contributed by atoms with van der Waals surface area (Å²) in [7, 11) is 0. The van der Waals surface area contributed by atoms with Crippen molar-refractivity contribution in [3.63, 3.8) is 0 Å². The monoisotopic (exact) mass is 227 g/mol.